The van der Waals surface area contributed by atoms with Crippen LogP contribution in [0, 0.1) is 31.1 Å². The fraction of sp³-hybridized carbons (Fsp3) is 0.333. The van der Waals surface area contributed by atoms with Crippen molar-refractivity contribution in [1.29, 1.82) is 5.26 Å². The molecule has 0 unspecified atom stereocenters. The lowest BCUT2D eigenvalue weighted by molar-refractivity contribution is -0.112. The van der Waals surface area contributed by atoms with Gasteiger partial charge in [-0.15, -0.1) is 10.2 Å². The van der Waals surface area contributed by atoms with Gasteiger partial charge in [-0.3, -0.25) is 10.1 Å². The average molecular weight is 507 g/mol. The Morgan fingerprint density at radius 2 is 1.83 bits per heavy atom. The van der Waals surface area contributed by atoms with Crippen molar-refractivity contribution >= 4 is 28.5 Å². The lowest BCUT2D eigenvalue weighted by Gasteiger charge is -2.13. The number of methoxy groups -OCH3 is 1. The zero-order valence-corrected chi connectivity index (χ0v) is 21.9. The molecule has 2 aromatic carbocycles. The molecule has 0 atom stereocenters. The minimum Gasteiger partial charge on any atom is -0.493 e. The maximum atomic E-state index is 12.6. The molecule has 1 heterocycles. The number of hydrogen-bond acceptors (Lipinski definition) is 8. The predicted molar refractivity (Wildman–Crippen MR) is 141 cm³/mol. The maximum absolute atomic E-state index is 12.6. The third-order valence-corrected chi connectivity index (χ3v) is 5.94. The van der Waals surface area contributed by atoms with Gasteiger partial charge in [-0.2, -0.15) is 5.26 Å². The number of amides is 1. The SMILES string of the molecule is COc1cc(/C=C(/C#N)C(=O)Nc2nnc(CC(C)C)s2)ccc1OCCOc1cc(C)ccc1C. The third-order valence-electron chi connectivity index (χ3n) is 5.08. The zero-order chi connectivity index (χ0) is 26.1. The molecular weight excluding hydrogens is 476 g/mol. The van der Waals surface area contributed by atoms with Gasteiger partial charge in [0.25, 0.3) is 5.91 Å². The second-order valence-corrected chi connectivity index (χ2v) is 9.66. The van der Waals surface area contributed by atoms with Gasteiger partial charge in [-0.25, -0.2) is 0 Å². The molecule has 0 radical (unpaired) electrons. The highest BCUT2D eigenvalue weighted by molar-refractivity contribution is 7.15. The monoisotopic (exact) mass is 506 g/mol. The normalized spacial score (nSPS) is 11.2. The minimum absolute atomic E-state index is 0.0618. The number of ether oxygens (including phenoxy) is 3. The molecule has 0 saturated heterocycles. The van der Waals surface area contributed by atoms with E-state index in [0.29, 0.717) is 41.3 Å². The standard InChI is InChI=1S/C27H30N4O4S/c1-17(2)12-25-30-31-27(36-25)29-26(32)21(16-28)14-20-8-9-22(24(15-20)33-5)34-10-11-35-23-13-18(3)6-7-19(23)4/h6-9,13-15,17H,10-12H2,1-5H3,(H,29,31,32)/b21-14-. The first-order valence-corrected chi connectivity index (χ1v) is 12.4. The highest BCUT2D eigenvalue weighted by Gasteiger charge is 2.14. The van der Waals surface area contributed by atoms with E-state index in [2.05, 4.69) is 29.4 Å². The number of anilines is 1. The lowest BCUT2D eigenvalue weighted by Crippen LogP contribution is -2.13. The van der Waals surface area contributed by atoms with Crippen LogP contribution in [0.15, 0.2) is 42.0 Å². The van der Waals surface area contributed by atoms with E-state index in [1.54, 1.807) is 18.2 Å². The van der Waals surface area contributed by atoms with E-state index in [9.17, 15) is 10.1 Å². The van der Waals surface area contributed by atoms with Crippen LogP contribution >= 0.6 is 11.3 Å². The van der Waals surface area contributed by atoms with Gasteiger partial charge in [-0.1, -0.05) is 43.4 Å². The zero-order valence-electron chi connectivity index (χ0n) is 21.1. The molecule has 1 amide bonds. The van der Waals surface area contributed by atoms with E-state index >= 15 is 0 Å². The fourth-order valence-electron chi connectivity index (χ4n) is 3.27. The summed E-state index contributed by atoms with van der Waals surface area (Å²) in [6.07, 6.45) is 2.27. The van der Waals surface area contributed by atoms with Crippen LogP contribution in [0.3, 0.4) is 0 Å². The Labute approximate surface area is 215 Å². The van der Waals surface area contributed by atoms with Gasteiger partial charge in [0, 0.05) is 6.42 Å². The summed E-state index contributed by atoms with van der Waals surface area (Å²) in [6, 6.07) is 13.2. The second kappa shape index (κ2) is 12.7. The summed E-state index contributed by atoms with van der Waals surface area (Å²) in [6.45, 7) is 8.88. The molecule has 3 rings (SSSR count). The fourth-order valence-corrected chi connectivity index (χ4v) is 4.22. The van der Waals surface area contributed by atoms with Gasteiger partial charge in [0.15, 0.2) is 11.5 Å². The molecule has 0 aliphatic carbocycles. The van der Waals surface area contributed by atoms with Crippen molar-refractivity contribution in [3.8, 4) is 23.3 Å². The number of rotatable bonds is 11. The summed E-state index contributed by atoms with van der Waals surface area (Å²) in [5.74, 6) is 1.73. The first kappa shape index (κ1) is 26.7. The number of aromatic nitrogens is 2. The van der Waals surface area contributed by atoms with Crippen molar-refractivity contribution in [3.63, 3.8) is 0 Å². The largest absolute Gasteiger partial charge is 0.493 e. The molecule has 0 aliphatic rings. The molecule has 8 nitrogen and oxygen atoms in total. The van der Waals surface area contributed by atoms with Crippen molar-refractivity contribution < 1.29 is 19.0 Å². The van der Waals surface area contributed by atoms with Crippen LogP contribution in [0.4, 0.5) is 5.13 Å². The van der Waals surface area contributed by atoms with E-state index in [4.69, 9.17) is 14.2 Å². The smallest absolute Gasteiger partial charge is 0.268 e. The van der Waals surface area contributed by atoms with Gasteiger partial charge in [0.2, 0.25) is 5.13 Å². The first-order chi connectivity index (χ1) is 17.3. The van der Waals surface area contributed by atoms with Crippen molar-refractivity contribution in [2.75, 3.05) is 25.6 Å². The Morgan fingerprint density at radius 1 is 1.08 bits per heavy atom. The highest BCUT2D eigenvalue weighted by atomic mass is 32.1. The molecule has 36 heavy (non-hydrogen) atoms. The van der Waals surface area contributed by atoms with Gasteiger partial charge in [-0.05, 0) is 60.7 Å². The number of hydrogen-bond donors (Lipinski definition) is 1. The van der Waals surface area contributed by atoms with Crippen LogP contribution in [0.1, 0.15) is 35.5 Å². The third kappa shape index (κ3) is 7.55. The van der Waals surface area contributed by atoms with Gasteiger partial charge in [0.1, 0.15) is 35.6 Å². The quantitative estimate of drug-likeness (QED) is 0.212. The number of nitrogens with one attached hydrogen (secondary N) is 1. The number of carbonyl (C=O) groups excluding carboxylic acids is 1. The van der Waals surface area contributed by atoms with E-state index in [0.717, 1.165) is 28.3 Å². The molecule has 0 aliphatic heterocycles. The lowest BCUT2D eigenvalue weighted by atomic mass is 10.1. The Hall–Kier alpha value is -3.90. The predicted octanol–water partition coefficient (Wildman–Crippen LogP) is 5.37. The van der Waals surface area contributed by atoms with E-state index in [1.165, 1.54) is 24.5 Å². The van der Waals surface area contributed by atoms with Gasteiger partial charge >= 0.3 is 0 Å². The highest BCUT2D eigenvalue weighted by Crippen LogP contribution is 2.29. The molecular formula is C27H30N4O4S. The second-order valence-electron chi connectivity index (χ2n) is 8.60. The van der Waals surface area contributed by atoms with Crippen molar-refractivity contribution in [3.05, 3.63) is 63.7 Å². The topological polar surface area (TPSA) is 106 Å². The number of nitrogens with zero attached hydrogens (tertiary/aromatic N) is 3. The summed E-state index contributed by atoms with van der Waals surface area (Å²) in [4.78, 5) is 12.6. The average Bonchev–Trinajstić information content (AvgIpc) is 3.28. The van der Waals surface area contributed by atoms with Crippen LogP contribution < -0.4 is 19.5 Å². The van der Waals surface area contributed by atoms with Crippen LogP contribution in [0.25, 0.3) is 6.08 Å². The van der Waals surface area contributed by atoms with Crippen LogP contribution in [0.5, 0.6) is 17.2 Å². The van der Waals surface area contributed by atoms with E-state index in [1.807, 2.05) is 38.1 Å². The summed E-state index contributed by atoms with van der Waals surface area (Å²) >= 11 is 1.30. The van der Waals surface area contributed by atoms with Crippen molar-refractivity contribution in [2.45, 2.75) is 34.1 Å². The molecule has 1 N–H and O–H groups in total. The number of benzene rings is 2. The number of aryl methyl sites for hydroxylation is 2. The molecule has 0 fully saturated rings. The molecule has 3 aromatic rings. The minimum atomic E-state index is -0.548. The molecule has 0 saturated carbocycles. The van der Waals surface area contributed by atoms with E-state index < -0.39 is 5.91 Å². The Balaban J connectivity index is 1.62. The molecule has 0 spiro atoms. The molecule has 9 heteroatoms. The van der Waals surface area contributed by atoms with Gasteiger partial charge < -0.3 is 14.2 Å². The molecule has 0 bridgehead atoms. The Bertz CT molecular complexity index is 1280. The maximum Gasteiger partial charge on any atom is 0.268 e. The molecule has 188 valence electrons. The van der Waals surface area contributed by atoms with Gasteiger partial charge in [0.05, 0.1) is 7.11 Å². The number of carbonyl (C=O) groups is 1. The van der Waals surface area contributed by atoms with Crippen molar-refractivity contribution in [1.82, 2.24) is 10.2 Å². The van der Waals surface area contributed by atoms with Crippen molar-refractivity contribution in [2.24, 2.45) is 5.92 Å². The number of nitriles is 1. The van der Waals surface area contributed by atoms with Crippen LogP contribution in [-0.2, 0) is 11.2 Å². The summed E-state index contributed by atoms with van der Waals surface area (Å²) in [5, 5.41) is 21.4. The molecule has 1 aromatic heterocycles. The van der Waals surface area contributed by atoms with E-state index in [-0.39, 0.29) is 5.57 Å². The summed E-state index contributed by atoms with van der Waals surface area (Å²) in [7, 11) is 1.53. The Morgan fingerprint density at radius 3 is 2.53 bits per heavy atom. The van der Waals surface area contributed by atoms with Crippen LogP contribution in [0.2, 0.25) is 0 Å². The first-order valence-electron chi connectivity index (χ1n) is 11.6. The summed E-state index contributed by atoms with van der Waals surface area (Å²) < 4.78 is 17.1. The van der Waals surface area contributed by atoms with Crippen LogP contribution in [-0.4, -0.2) is 36.4 Å². The Kier molecular flexibility index (Phi) is 9.42. The summed E-state index contributed by atoms with van der Waals surface area (Å²) in [5.41, 5.74) is 2.75.